The Bertz CT molecular complexity index is 425. The largest absolute Gasteiger partial charge is 0.497 e. The molecule has 0 aliphatic heterocycles. The Morgan fingerprint density at radius 2 is 1.81 bits per heavy atom. The van der Waals surface area contributed by atoms with Crippen LogP contribution in [-0.2, 0) is 0 Å². The molecule has 0 saturated heterocycles. The van der Waals surface area contributed by atoms with Crippen molar-refractivity contribution in [3.63, 3.8) is 0 Å². The quantitative estimate of drug-likeness (QED) is 0.793. The van der Waals surface area contributed by atoms with Crippen LogP contribution in [0.4, 0.5) is 0 Å². The molecule has 1 N–H and O–H groups in total. The van der Waals surface area contributed by atoms with Crippen molar-refractivity contribution in [2.75, 3.05) is 20.7 Å². The van der Waals surface area contributed by atoms with Crippen molar-refractivity contribution in [1.29, 1.82) is 0 Å². The minimum absolute atomic E-state index is 0.357. The molecule has 1 fully saturated rings. The van der Waals surface area contributed by atoms with Crippen LogP contribution in [-0.4, -0.2) is 37.7 Å². The highest BCUT2D eigenvalue weighted by Crippen LogP contribution is 2.33. The van der Waals surface area contributed by atoms with Gasteiger partial charge in [0.15, 0.2) is 0 Å². The van der Waals surface area contributed by atoms with Crippen molar-refractivity contribution in [2.45, 2.75) is 51.7 Å². The highest BCUT2D eigenvalue weighted by Gasteiger charge is 2.35. The fourth-order valence-corrected chi connectivity index (χ4v) is 3.16. The van der Waals surface area contributed by atoms with Crippen LogP contribution < -0.4 is 10.1 Å². The maximum Gasteiger partial charge on any atom is 0.118 e. The van der Waals surface area contributed by atoms with E-state index >= 15 is 0 Å². The van der Waals surface area contributed by atoms with E-state index in [1.807, 2.05) is 0 Å². The number of benzene rings is 1. The normalized spacial score (nSPS) is 18.0. The molecule has 1 aliphatic carbocycles. The second-order valence-electron chi connectivity index (χ2n) is 6.60. The lowest BCUT2D eigenvalue weighted by Crippen LogP contribution is -2.44. The van der Waals surface area contributed by atoms with Crippen LogP contribution in [0, 0.1) is 5.92 Å². The van der Waals surface area contributed by atoms with E-state index in [2.05, 4.69) is 62.3 Å². The highest BCUT2D eigenvalue weighted by atomic mass is 16.5. The average molecular weight is 290 g/mol. The molecular formula is C18H30N2O. The summed E-state index contributed by atoms with van der Waals surface area (Å²) in [6.45, 7) is 8.15. The number of hydrogen-bond acceptors (Lipinski definition) is 3. The van der Waals surface area contributed by atoms with E-state index in [0.29, 0.717) is 18.0 Å². The Morgan fingerprint density at radius 3 is 2.24 bits per heavy atom. The molecule has 1 aromatic rings. The molecule has 2 unspecified atom stereocenters. The topological polar surface area (TPSA) is 24.5 Å². The number of ether oxygens (including phenoxy) is 1. The Morgan fingerprint density at radius 1 is 1.19 bits per heavy atom. The fraction of sp³-hybridized carbons (Fsp3) is 0.667. The van der Waals surface area contributed by atoms with Crippen LogP contribution in [0.1, 0.15) is 45.2 Å². The van der Waals surface area contributed by atoms with Gasteiger partial charge >= 0.3 is 0 Å². The first-order valence-electron chi connectivity index (χ1n) is 8.13. The summed E-state index contributed by atoms with van der Waals surface area (Å²) in [5.74, 6) is 1.63. The molecule has 2 rings (SSSR count). The van der Waals surface area contributed by atoms with Crippen LogP contribution in [0.25, 0.3) is 0 Å². The van der Waals surface area contributed by atoms with Gasteiger partial charge in [-0.05, 0) is 50.4 Å². The molecule has 21 heavy (non-hydrogen) atoms. The SMILES string of the molecule is CNC(c1ccc(OC)cc1)C(C)N(CC(C)C)C1CC1. The lowest BCUT2D eigenvalue weighted by Gasteiger charge is -2.36. The second kappa shape index (κ2) is 7.28. The molecule has 0 amide bonds. The number of likely N-dealkylation sites (N-methyl/N-ethyl adjacent to an activating group) is 1. The van der Waals surface area contributed by atoms with Gasteiger partial charge in [0.2, 0.25) is 0 Å². The van der Waals surface area contributed by atoms with Crippen molar-refractivity contribution in [1.82, 2.24) is 10.2 Å². The molecule has 0 radical (unpaired) electrons. The number of rotatable bonds is 8. The summed E-state index contributed by atoms with van der Waals surface area (Å²) in [6.07, 6.45) is 2.71. The lowest BCUT2D eigenvalue weighted by molar-refractivity contribution is 0.145. The molecule has 1 aliphatic rings. The van der Waals surface area contributed by atoms with Gasteiger partial charge in [-0.25, -0.2) is 0 Å². The van der Waals surface area contributed by atoms with Crippen molar-refractivity contribution >= 4 is 0 Å². The van der Waals surface area contributed by atoms with Crippen molar-refractivity contribution < 1.29 is 4.74 Å². The number of nitrogens with one attached hydrogen (secondary N) is 1. The summed E-state index contributed by atoms with van der Waals surface area (Å²) < 4.78 is 5.26. The third-order valence-electron chi connectivity index (χ3n) is 4.38. The highest BCUT2D eigenvalue weighted by molar-refractivity contribution is 5.30. The van der Waals surface area contributed by atoms with E-state index in [9.17, 15) is 0 Å². The van der Waals surface area contributed by atoms with Crippen molar-refractivity contribution in [2.24, 2.45) is 5.92 Å². The predicted octanol–water partition coefficient (Wildman–Crippen LogP) is 3.46. The average Bonchev–Trinajstić information content (AvgIpc) is 3.30. The van der Waals surface area contributed by atoms with E-state index in [1.165, 1.54) is 24.9 Å². The van der Waals surface area contributed by atoms with Gasteiger partial charge in [-0.1, -0.05) is 26.0 Å². The van der Waals surface area contributed by atoms with Gasteiger partial charge in [0.1, 0.15) is 5.75 Å². The molecule has 3 heteroatoms. The van der Waals surface area contributed by atoms with Crippen molar-refractivity contribution in [3.8, 4) is 5.75 Å². The van der Waals surface area contributed by atoms with E-state index in [1.54, 1.807) is 7.11 Å². The van der Waals surface area contributed by atoms with Crippen molar-refractivity contribution in [3.05, 3.63) is 29.8 Å². The molecule has 1 saturated carbocycles. The molecule has 0 aromatic heterocycles. The molecule has 118 valence electrons. The third kappa shape index (κ3) is 4.21. The summed E-state index contributed by atoms with van der Waals surface area (Å²) in [7, 11) is 3.77. The van der Waals surface area contributed by atoms with E-state index in [0.717, 1.165) is 11.8 Å². The van der Waals surface area contributed by atoms with Crippen LogP contribution in [0.2, 0.25) is 0 Å². The fourth-order valence-electron chi connectivity index (χ4n) is 3.16. The van der Waals surface area contributed by atoms with Crippen LogP contribution in [0.3, 0.4) is 0 Å². The molecule has 3 nitrogen and oxygen atoms in total. The Kier molecular flexibility index (Phi) is 5.65. The van der Waals surface area contributed by atoms with Gasteiger partial charge in [-0.3, -0.25) is 4.90 Å². The van der Waals surface area contributed by atoms with E-state index in [4.69, 9.17) is 4.74 Å². The summed E-state index contributed by atoms with van der Waals surface area (Å²) in [6, 6.07) is 10.1. The first-order chi connectivity index (χ1) is 10.1. The van der Waals surface area contributed by atoms with Crippen LogP contribution >= 0.6 is 0 Å². The van der Waals surface area contributed by atoms with Gasteiger partial charge in [0, 0.05) is 24.7 Å². The second-order valence-corrected chi connectivity index (χ2v) is 6.60. The summed E-state index contributed by atoms with van der Waals surface area (Å²) in [5, 5.41) is 3.51. The Labute approximate surface area is 129 Å². The van der Waals surface area contributed by atoms with Gasteiger partial charge < -0.3 is 10.1 Å². The zero-order chi connectivity index (χ0) is 15.4. The van der Waals surface area contributed by atoms with E-state index < -0.39 is 0 Å². The maximum atomic E-state index is 5.26. The summed E-state index contributed by atoms with van der Waals surface area (Å²) in [4.78, 5) is 2.69. The summed E-state index contributed by atoms with van der Waals surface area (Å²) >= 11 is 0. The summed E-state index contributed by atoms with van der Waals surface area (Å²) in [5.41, 5.74) is 1.33. The van der Waals surface area contributed by atoms with E-state index in [-0.39, 0.29) is 0 Å². The minimum atomic E-state index is 0.357. The lowest BCUT2D eigenvalue weighted by atomic mass is 9.98. The molecule has 0 spiro atoms. The molecule has 1 aromatic carbocycles. The zero-order valence-corrected chi connectivity index (χ0v) is 14.1. The maximum absolute atomic E-state index is 5.26. The molecule has 0 heterocycles. The van der Waals surface area contributed by atoms with Crippen LogP contribution in [0.15, 0.2) is 24.3 Å². The first-order valence-corrected chi connectivity index (χ1v) is 8.13. The number of nitrogens with zero attached hydrogens (tertiary/aromatic N) is 1. The first kappa shape index (κ1) is 16.3. The molecule has 0 bridgehead atoms. The Hall–Kier alpha value is -1.06. The van der Waals surface area contributed by atoms with Gasteiger partial charge in [-0.2, -0.15) is 0 Å². The third-order valence-corrected chi connectivity index (χ3v) is 4.38. The van der Waals surface area contributed by atoms with Crippen LogP contribution in [0.5, 0.6) is 5.75 Å². The number of methoxy groups -OCH3 is 1. The van der Waals surface area contributed by atoms with Gasteiger partial charge in [-0.15, -0.1) is 0 Å². The monoisotopic (exact) mass is 290 g/mol. The molecular weight excluding hydrogens is 260 g/mol. The standard InChI is InChI=1S/C18H30N2O/c1-13(2)12-20(16-8-9-16)14(3)18(19-4)15-6-10-17(21-5)11-7-15/h6-7,10-11,13-14,16,18-19H,8-9,12H2,1-5H3. The minimum Gasteiger partial charge on any atom is -0.497 e. The predicted molar refractivity (Wildman–Crippen MR) is 88.8 cm³/mol. The number of hydrogen-bond donors (Lipinski definition) is 1. The molecule has 2 atom stereocenters. The van der Waals surface area contributed by atoms with Gasteiger partial charge in [0.25, 0.3) is 0 Å². The zero-order valence-electron chi connectivity index (χ0n) is 14.1. The van der Waals surface area contributed by atoms with Gasteiger partial charge in [0.05, 0.1) is 7.11 Å². The smallest absolute Gasteiger partial charge is 0.118 e. The Balaban J connectivity index is 2.13.